The SMILES string of the molecule is CCCC(C)N(C)C(=O)C1(CN)CCC(C)CC1. The fourth-order valence-electron chi connectivity index (χ4n) is 3.01. The molecule has 1 atom stereocenters. The number of carbonyl (C=O) groups is 1. The normalized spacial score (nSPS) is 29.9. The van der Waals surface area contributed by atoms with Crippen LogP contribution in [0, 0.1) is 11.3 Å². The number of hydrogen-bond donors (Lipinski definition) is 1. The van der Waals surface area contributed by atoms with Crippen molar-refractivity contribution in [1.29, 1.82) is 0 Å². The molecule has 1 saturated carbocycles. The smallest absolute Gasteiger partial charge is 0.230 e. The van der Waals surface area contributed by atoms with Gasteiger partial charge < -0.3 is 10.6 Å². The van der Waals surface area contributed by atoms with Crippen LogP contribution in [0.1, 0.15) is 59.3 Å². The largest absolute Gasteiger partial charge is 0.343 e. The average Bonchev–Trinajstić information content (AvgIpc) is 2.38. The first-order valence-corrected chi connectivity index (χ1v) is 7.44. The van der Waals surface area contributed by atoms with Gasteiger partial charge in [-0.05, 0) is 44.9 Å². The first-order chi connectivity index (χ1) is 8.46. The molecule has 0 aliphatic heterocycles. The van der Waals surface area contributed by atoms with E-state index in [2.05, 4.69) is 20.8 Å². The molecule has 1 aliphatic rings. The second-order valence-corrected chi connectivity index (χ2v) is 6.22. The molecule has 1 amide bonds. The lowest BCUT2D eigenvalue weighted by Crippen LogP contribution is -2.50. The highest BCUT2D eigenvalue weighted by molar-refractivity contribution is 5.83. The molecular weight excluding hydrogens is 224 g/mol. The molecule has 18 heavy (non-hydrogen) atoms. The zero-order valence-electron chi connectivity index (χ0n) is 12.5. The van der Waals surface area contributed by atoms with Crippen LogP contribution in [-0.4, -0.2) is 30.4 Å². The second kappa shape index (κ2) is 6.55. The van der Waals surface area contributed by atoms with Crippen LogP contribution in [0.4, 0.5) is 0 Å². The average molecular weight is 254 g/mol. The van der Waals surface area contributed by atoms with Gasteiger partial charge in [0.2, 0.25) is 5.91 Å². The third-order valence-corrected chi connectivity index (χ3v) is 4.76. The molecule has 0 radical (unpaired) electrons. The number of hydrogen-bond acceptors (Lipinski definition) is 2. The maximum atomic E-state index is 12.7. The highest BCUT2D eigenvalue weighted by Crippen LogP contribution is 2.39. The molecule has 0 aromatic carbocycles. The first-order valence-electron chi connectivity index (χ1n) is 7.44. The van der Waals surface area contributed by atoms with Crippen LogP contribution < -0.4 is 5.73 Å². The Morgan fingerprint density at radius 3 is 2.44 bits per heavy atom. The molecule has 0 spiro atoms. The maximum absolute atomic E-state index is 12.7. The zero-order chi connectivity index (χ0) is 13.8. The summed E-state index contributed by atoms with van der Waals surface area (Å²) >= 11 is 0. The summed E-state index contributed by atoms with van der Waals surface area (Å²) in [5, 5.41) is 0. The van der Waals surface area contributed by atoms with E-state index in [9.17, 15) is 4.79 Å². The topological polar surface area (TPSA) is 46.3 Å². The Bertz CT molecular complexity index is 270. The molecule has 0 saturated heterocycles. The maximum Gasteiger partial charge on any atom is 0.230 e. The van der Waals surface area contributed by atoms with Crippen molar-refractivity contribution in [2.75, 3.05) is 13.6 Å². The van der Waals surface area contributed by atoms with Crippen molar-refractivity contribution in [3.8, 4) is 0 Å². The highest BCUT2D eigenvalue weighted by atomic mass is 16.2. The fraction of sp³-hybridized carbons (Fsp3) is 0.933. The van der Waals surface area contributed by atoms with Crippen molar-refractivity contribution in [2.45, 2.75) is 65.3 Å². The molecule has 0 bridgehead atoms. The summed E-state index contributed by atoms with van der Waals surface area (Å²) in [4.78, 5) is 14.7. The summed E-state index contributed by atoms with van der Waals surface area (Å²) in [6.07, 6.45) is 6.39. The van der Waals surface area contributed by atoms with Gasteiger partial charge in [0.1, 0.15) is 0 Å². The minimum Gasteiger partial charge on any atom is -0.343 e. The van der Waals surface area contributed by atoms with E-state index in [0.29, 0.717) is 12.6 Å². The Labute approximate surface area is 112 Å². The van der Waals surface area contributed by atoms with E-state index in [1.54, 1.807) is 0 Å². The Hall–Kier alpha value is -0.570. The number of nitrogens with two attached hydrogens (primary N) is 1. The lowest BCUT2D eigenvalue weighted by molar-refractivity contribution is -0.144. The Kier molecular flexibility index (Phi) is 5.64. The molecule has 0 heterocycles. The van der Waals surface area contributed by atoms with Crippen molar-refractivity contribution in [3.05, 3.63) is 0 Å². The van der Waals surface area contributed by atoms with E-state index in [1.165, 1.54) is 0 Å². The van der Waals surface area contributed by atoms with Crippen LogP contribution in [0.25, 0.3) is 0 Å². The van der Waals surface area contributed by atoms with Crippen molar-refractivity contribution in [2.24, 2.45) is 17.1 Å². The number of rotatable bonds is 5. The standard InChI is InChI=1S/C15H30N2O/c1-5-6-13(3)17(4)14(18)15(11-16)9-7-12(2)8-10-15/h12-13H,5-11,16H2,1-4H3. The molecule has 0 aromatic rings. The molecule has 1 unspecified atom stereocenters. The van der Waals surface area contributed by atoms with Crippen LogP contribution in [0.3, 0.4) is 0 Å². The fourth-order valence-corrected chi connectivity index (χ4v) is 3.01. The van der Waals surface area contributed by atoms with Gasteiger partial charge in [-0.25, -0.2) is 0 Å². The lowest BCUT2D eigenvalue weighted by Gasteiger charge is -2.41. The quantitative estimate of drug-likeness (QED) is 0.820. The summed E-state index contributed by atoms with van der Waals surface area (Å²) in [5.74, 6) is 1.02. The number of nitrogens with zero attached hydrogens (tertiary/aromatic N) is 1. The van der Waals surface area contributed by atoms with E-state index in [-0.39, 0.29) is 11.3 Å². The molecule has 0 aromatic heterocycles. The number of amides is 1. The molecule has 2 N–H and O–H groups in total. The van der Waals surface area contributed by atoms with Crippen LogP contribution in [0.5, 0.6) is 0 Å². The second-order valence-electron chi connectivity index (χ2n) is 6.22. The van der Waals surface area contributed by atoms with Gasteiger partial charge >= 0.3 is 0 Å². The van der Waals surface area contributed by atoms with E-state index in [4.69, 9.17) is 5.73 Å². The van der Waals surface area contributed by atoms with E-state index in [1.807, 2.05) is 11.9 Å². The molecule has 1 rings (SSSR count). The summed E-state index contributed by atoms with van der Waals surface area (Å²) in [5.41, 5.74) is 5.67. The summed E-state index contributed by atoms with van der Waals surface area (Å²) < 4.78 is 0. The monoisotopic (exact) mass is 254 g/mol. The van der Waals surface area contributed by atoms with Crippen LogP contribution >= 0.6 is 0 Å². The van der Waals surface area contributed by atoms with Crippen molar-refractivity contribution < 1.29 is 4.79 Å². The highest BCUT2D eigenvalue weighted by Gasteiger charge is 2.42. The first kappa shape index (κ1) is 15.5. The van der Waals surface area contributed by atoms with Gasteiger partial charge in [-0.1, -0.05) is 20.3 Å². The van der Waals surface area contributed by atoms with Crippen molar-refractivity contribution in [1.82, 2.24) is 4.90 Å². The van der Waals surface area contributed by atoms with E-state index >= 15 is 0 Å². The summed E-state index contributed by atoms with van der Waals surface area (Å²) in [6, 6.07) is 0.324. The van der Waals surface area contributed by atoms with Crippen LogP contribution in [-0.2, 0) is 4.79 Å². The Morgan fingerprint density at radius 1 is 1.44 bits per heavy atom. The lowest BCUT2D eigenvalue weighted by atomic mass is 9.70. The molecule has 3 heteroatoms. The van der Waals surface area contributed by atoms with Crippen LogP contribution in [0.15, 0.2) is 0 Å². The summed E-state index contributed by atoms with van der Waals surface area (Å²) in [6.45, 7) is 7.07. The van der Waals surface area contributed by atoms with E-state index in [0.717, 1.165) is 44.4 Å². The van der Waals surface area contributed by atoms with Gasteiger partial charge in [-0.15, -0.1) is 0 Å². The minimum absolute atomic E-state index is 0.275. The third kappa shape index (κ3) is 3.25. The predicted octanol–water partition coefficient (Wildman–Crippen LogP) is 2.79. The van der Waals surface area contributed by atoms with E-state index < -0.39 is 0 Å². The van der Waals surface area contributed by atoms with Crippen molar-refractivity contribution in [3.63, 3.8) is 0 Å². The molecule has 3 nitrogen and oxygen atoms in total. The van der Waals surface area contributed by atoms with Gasteiger partial charge in [0.05, 0.1) is 5.41 Å². The molecule has 106 valence electrons. The van der Waals surface area contributed by atoms with Gasteiger partial charge in [0, 0.05) is 19.6 Å². The van der Waals surface area contributed by atoms with Gasteiger partial charge in [-0.2, -0.15) is 0 Å². The van der Waals surface area contributed by atoms with Gasteiger partial charge in [0.15, 0.2) is 0 Å². The van der Waals surface area contributed by atoms with Crippen LogP contribution in [0.2, 0.25) is 0 Å². The zero-order valence-corrected chi connectivity index (χ0v) is 12.5. The predicted molar refractivity (Wildman–Crippen MR) is 76.3 cm³/mol. The van der Waals surface area contributed by atoms with Gasteiger partial charge in [-0.3, -0.25) is 4.79 Å². The van der Waals surface area contributed by atoms with Crippen molar-refractivity contribution >= 4 is 5.91 Å². The third-order valence-electron chi connectivity index (χ3n) is 4.76. The molecular formula is C15H30N2O. The molecule has 1 aliphatic carbocycles. The minimum atomic E-state index is -0.275. The Balaban J connectivity index is 2.72. The summed E-state index contributed by atoms with van der Waals surface area (Å²) in [7, 11) is 1.94. The Morgan fingerprint density at radius 2 is 2.00 bits per heavy atom. The number of carbonyl (C=O) groups excluding carboxylic acids is 1. The molecule has 1 fully saturated rings. The van der Waals surface area contributed by atoms with Gasteiger partial charge in [0.25, 0.3) is 0 Å².